The summed E-state index contributed by atoms with van der Waals surface area (Å²) >= 11 is 5.97. The Balaban J connectivity index is 0.00000288. The molecule has 0 aliphatic carbocycles. The summed E-state index contributed by atoms with van der Waals surface area (Å²) in [6.07, 6.45) is 0.650. The van der Waals surface area contributed by atoms with Crippen molar-refractivity contribution in [2.75, 3.05) is 13.6 Å². The molecular formula is C16H23ClIN5O. The van der Waals surface area contributed by atoms with Gasteiger partial charge in [-0.2, -0.15) is 4.98 Å². The first-order valence-electron chi connectivity index (χ1n) is 7.60. The van der Waals surface area contributed by atoms with E-state index in [0.717, 1.165) is 16.4 Å². The normalized spacial score (nSPS) is 11.3. The Labute approximate surface area is 164 Å². The van der Waals surface area contributed by atoms with Gasteiger partial charge in [-0.3, -0.25) is 4.99 Å². The van der Waals surface area contributed by atoms with Crippen LogP contribution in [0.25, 0.3) is 0 Å². The summed E-state index contributed by atoms with van der Waals surface area (Å²) in [5.41, 5.74) is 1.10. The van der Waals surface area contributed by atoms with Crippen LogP contribution in [0.1, 0.15) is 37.0 Å². The minimum absolute atomic E-state index is 0. The van der Waals surface area contributed by atoms with Crippen LogP contribution in [0.3, 0.4) is 0 Å². The lowest BCUT2D eigenvalue weighted by Crippen LogP contribution is -2.37. The summed E-state index contributed by atoms with van der Waals surface area (Å²) in [6.45, 7) is 5.39. The Morgan fingerprint density at radius 3 is 2.75 bits per heavy atom. The van der Waals surface area contributed by atoms with Gasteiger partial charge in [0.1, 0.15) is 0 Å². The molecule has 0 saturated carbocycles. The Hall–Kier alpha value is -1.35. The molecule has 2 N–H and O–H groups in total. The predicted octanol–water partition coefficient (Wildman–Crippen LogP) is 3.37. The van der Waals surface area contributed by atoms with Gasteiger partial charge in [0.2, 0.25) is 5.89 Å². The van der Waals surface area contributed by atoms with Gasteiger partial charge in [0.15, 0.2) is 11.8 Å². The molecule has 24 heavy (non-hydrogen) atoms. The van der Waals surface area contributed by atoms with Crippen LogP contribution < -0.4 is 10.6 Å². The summed E-state index contributed by atoms with van der Waals surface area (Å²) in [7, 11) is 1.73. The number of hydrogen-bond acceptors (Lipinski definition) is 4. The number of aromatic nitrogens is 2. The maximum Gasteiger partial charge on any atom is 0.228 e. The number of aliphatic imine (C=N–C) groups is 1. The van der Waals surface area contributed by atoms with Gasteiger partial charge < -0.3 is 15.2 Å². The van der Waals surface area contributed by atoms with Crippen LogP contribution in [0.4, 0.5) is 0 Å². The molecule has 0 spiro atoms. The first-order valence-corrected chi connectivity index (χ1v) is 7.97. The highest BCUT2D eigenvalue weighted by Crippen LogP contribution is 2.10. The van der Waals surface area contributed by atoms with Gasteiger partial charge in [-0.05, 0) is 17.7 Å². The standard InChI is InChI=1S/C16H22ClN5O.HI/c1-11(2)15-21-14(23-22-15)7-8-19-16(18-3)20-10-12-5-4-6-13(17)9-12;/h4-6,9,11H,7-8,10H2,1-3H3,(H2,18,19,20);1H. The molecule has 132 valence electrons. The van der Waals surface area contributed by atoms with Gasteiger partial charge in [-0.25, -0.2) is 0 Å². The molecule has 6 nitrogen and oxygen atoms in total. The zero-order valence-corrected chi connectivity index (χ0v) is 17.1. The van der Waals surface area contributed by atoms with E-state index in [2.05, 4.69) is 25.8 Å². The second-order valence-electron chi connectivity index (χ2n) is 5.43. The third kappa shape index (κ3) is 6.64. The highest BCUT2D eigenvalue weighted by atomic mass is 127. The van der Waals surface area contributed by atoms with E-state index in [9.17, 15) is 0 Å². The number of guanidine groups is 1. The van der Waals surface area contributed by atoms with E-state index in [0.29, 0.717) is 31.4 Å². The van der Waals surface area contributed by atoms with Crippen molar-refractivity contribution >= 4 is 41.5 Å². The molecule has 0 unspecified atom stereocenters. The lowest BCUT2D eigenvalue weighted by molar-refractivity contribution is 0.371. The average molecular weight is 464 g/mol. The molecule has 8 heteroatoms. The number of nitrogens with one attached hydrogen (secondary N) is 2. The van der Waals surface area contributed by atoms with Crippen molar-refractivity contribution < 1.29 is 4.52 Å². The number of nitrogens with zero attached hydrogens (tertiary/aromatic N) is 3. The fourth-order valence-corrected chi connectivity index (χ4v) is 2.16. The molecule has 0 aliphatic heterocycles. The number of hydrogen-bond donors (Lipinski definition) is 2. The van der Waals surface area contributed by atoms with Crippen LogP contribution >= 0.6 is 35.6 Å². The summed E-state index contributed by atoms with van der Waals surface area (Å²) in [6, 6.07) is 7.72. The minimum Gasteiger partial charge on any atom is -0.356 e. The van der Waals surface area contributed by atoms with Gasteiger partial charge in [-0.15, -0.1) is 24.0 Å². The quantitative estimate of drug-likeness (QED) is 0.390. The Morgan fingerprint density at radius 2 is 2.12 bits per heavy atom. The Morgan fingerprint density at radius 1 is 1.33 bits per heavy atom. The fraction of sp³-hybridized carbons (Fsp3) is 0.438. The third-order valence-corrected chi connectivity index (χ3v) is 3.44. The molecule has 2 rings (SSSR count). The average Bonchev–Trinajstić information content (AvgIpc) is 3.00. The molecule has 1 aromatic heterocycles. The molecule has 2 aromatic rings. The van der Waals surface area contributed by atoms with Crippen LogP contribution in [-0.4, -0.2) is 29.7 Å². The molecule has 0 fully saturated rings. The molecule has 1 aromatic carbocycles. The summed E-state index contributed by atoms with van der Waals surface area (Å²) in [5, 5.41) is 11.1. The highest BCUT2D eigenvalue weighted by Gasteiger charge is 2.09. The van der Waals surface area contributed by atoms with Crippen LogP contribution in [0.5, 0.6) is 0 Å². The SMILES string of the molecule is CN=C(NCCc1nc(C(C)C)no1)NCc1cccc(Cl)c1.I. The number of benzene rings is 1. The third-order valence-electron chi connectivity index (χ3n) is 3.20. The first kappa shape index (κ1) is 20.7. The van der Waals surface area contributed by atoms with Gasteiger partial charge in [0.25, 0.3) is 0 Å². The Bertz CT molecular complexity index is 659. The summed E-state index contributed by atoms with van der Waals surface area (Å²) in [4.78, 5) is 8.53. The van der Waals surface area contributed by atoms with Crippen molar-refractivity contribution in [1.82, 2.24) is 20.8 Å². The Kier molecular flexibility index (Phi) is 9.05. The highest BCUT2D eigenvalue weighted by molar-refractivity contribution is 14.0. The van der Waals surface area contributed by atoms with Crippen LogP contribution in [0.15, 0.2) is 33.8 Å². The van der Waals surface area contributed by atoms with Crippen LogP contribution in [-0.2, 0) is 13.0 Å². The molecule has 0 radical (unpaired) electrons. The van der Waals surface area contributed by atoms with E-state index in [1.807, 2.05) is 38.1 Å². The smallest absolute Gasteiger partial charge is 0.228 e. The van der Waals surface area contributed by atoms with Gasteiger partial charge in [0.05, 0.1) is 0 Å². The maximum atomic E-state index is 5.97. The minimum atomic E-state index is 0. The number of halogens is 2. The second kappa shape index (κ2) is 10.5. The monoisotopic (exact) mass is 463 g/mol. The van der Waals surface area contributed by atoms with Crippen molar-refractivity contribution in [3.63, 3.8) is 0 Å². The van der Waals surface area contributed by atoms with Crippen molar-refractivity contribution in [2.24, 2.45) is 4.99 Å². The topological polar surface area (TPSA) is 75.3 Å². The van der Waals surface area contributed by atoms with E-state index in [-0.39, 0.29) is 29.9 Å². The molecule has 1 heterocycles. The van der Waals surface area contributed by atoms with E-state index in [1.54, 1.807) is 7.05 Å². The van der Waals surface area contributed by atoms with E-state index in [4.69, 9.17) is 16.1 Å². The molecule has 0 atom stereocenters. The van der Waals surface area contributed by atoms with E-state index >= 15 is 0 Å². The van der Waals surface area contributed by atoms with Crippen LogP contribution in [0.2, 0.25) is 5.02 Å². The van der Waals surface area contributed by atoms with Gasteiger partial charge in [-0.1, -0.05) is 42.7 Å². The van der Waals surface area contributed by atoms with E-state index in [1.165, 1.54) is 0 Å². The zero-order chi connectivity index (χ0) is 16.7. The van der Waals surface area contributed by atoms with Crippen LogP contribution in [0, 0.1) is 0 Å². The first-order chi connectivity index (χ1) is 11.1. The summed E-state index contributed by atoms with van der Waals surface area (Å²) < 4.78 is 5.21. The van der Waals surface area contributed by atoms with Crippen molar-refractivity contribution in [1.29, 1.82) is 0 Å². The van der Waals surface area contributed by atoms with Crippen molar-refractivity contribution in [2.45, 2.75) is 32.7 Å². The molecular weight excluding hydrogens is 441 g/mol. The van der Waals surface area contributed by atoms with Gasteiger partial charge in [0, 0.05) is 37.5 Å². The molecule has 0 amide bonds. The van der Waals surface area contributed by atoms with Crippen molar-refractivity contribution in [3.8, 4) is 0 Å². The maximum absolute atomic E-state index is 5.97. The molecule has 0 aliphatic rings. The second-order valence-corrected chi connectivity index (χ2v) is 5.87. The lowest BCUT2D eigenvalue weighted by Gasteiger charge is -2.11. The van der Waals surface area contributed by atoms with E-state index < -0.39 is 0 Å². The molecule has 0 bridgehead atoms. The fourth-order valence-electron chi connectivity index (χ4n) is 1.95. The predicted molar refractivity (Wildman–Crippen MR) is 107 cm³/mol. The molecule has 0 saturated heterocycles. The van der Waals surface area contributed by atoms with Crippen molar-refractivity contribution in [3.05, 3.63) is 46.6 Å². The lowest BCUT2D eigenvalue weighted by atomic mass is 10.2. The zero-order valence-electron chi connectivity index (χ0n) is 14.0. The summed E-state index contributed by atoms with van der Waals surface area (Å²) in [5.74, 6) is 2.36. The van der Waals surface area contributed by atoms with Gasteiger partial charge >= 0.3 is 0 Å². The number of rotatable bonds is 6. The largest absolute Gasteiger partial charge is 0.356 e.